The van der Waals surface area contributed by atoms with Crippen molar-refractivity contribution in [2.24, 2.45) is 10.2 Å². The molecule has 0 saturated carbocycles. The van der Waals surface area contributed by atoms with Gasteiger partial charge in [-0.05, 0) is 43.0 Å². The van der Waals surface area contributed by atoms with Gasteiger partial charge < -0.3 is 0 Å². The number of para-hydroxylation sites is 1. The molecule has 2 aliphatic rings. The van der Waals surface area contributed by atoms with Gasteiger partial charge in [0.05, 0.1) is 22.0 Å². The summed E-state index contributed by atoms with van der Waals surface area (Å²) >= 11 is 1.61. The summed E-state index contributed by atoms with van der Waals surface area (Å²) in [5, 5.41) is 26.3. The van der Waals surface area contributed by atoms with Crippen LogP contribution in [0.25, 0.3) is 0 Å². The smallest absolute Gasteiger partial charge is 0.258 e. The van der Waals surface area contributed by atoms with Crippen LogP contribution in [0.1, 0.15) is 23.6 Å². The summed E-state index contributed by atoms with van der Waals surface area (Å²) in [5.41, 5.74) is 5.64. The van der Waals surface area contributed by atoms with Gasteiger partial charge in [0.1, 0.15) is 5.04 Å². The zero-order chi connectivity index (χ0) is 24.7. The van der Waals surface area contributed by atoms with Gasteiger partial charge >= 0.3 is 0 Å². The van der Waals surface area contributed by atoms with E-state index in [1.165, 1.54) is 12.1 Å². The predicted octanol–water partition coefficient (Wildman–Crippen LogP) is 6.56. The topological polar surface area (TPSA) is 74.3 Å². The SMILES string of the molecule is CC1=NN(c2ccccc2)[C@]2(SC(c3ccccc3)=NN2c2ccc([N+](=O)[O-])cc2)c2ccccc21. The molecule has 36 heavy (non-hydrogen) atoms. The number of nitrogens with zero attached hydrogens (tertiary/aromatic N) is 5. The van der Waals surface area contributed by atoms with Crippen LogP contribution in [0, 0.1) is 10.1 Å². The lowest BCUT2D eigenvalue weighted by Gasteiger charge is -2.46. The fraction of sp³-hybridized carbons (Fsp3) is 0.0714. The molecule has 2 heterocycles. The Hall–Kier alpha value is -4.43. The molecule has 4 aromatic rings. The van der Waals surface area contributed by atoms with Gasteiger partial charge in [-0.25, -0.2) is 10.0 Å². The van der Waals surface area contributed by atoms with E-state index in [2.05, 4.69) is 12.1 Å². The summed E-state index contributed by atoms with van der Waals surface area (Å²) < 4.78 is 0. The minimum absolute atomic E-state index is 0.0322. The van der Waals surface area contributed by atoms with Gasteiger partial charge in [0.25, 0.3) is 5.69 Å². The van der Waals surface area contributed by atoms with E-state index in [1.54, 1.807) is 23.9 Å². The van der Waals surface area contributed by atoms with Crippen LogP contribution in [0.15, 0.2) is 119 Å². The summed E-state index contributed by atoms with van der Waals surface area (Å²) in [4.78, 5) is 10.1. The number of hydrazone groups is 2. The normalized spacial score (nSPS) is 18.6. The summed E-state index contributed by atoms with van der Waals surface area (Å²) in [5.74, 6) is 0. The number of hydrogen-bond acceptors (Lipinski definition) is 7. The van der Waals surface area contributed by atoms with E-state index in [0.717, 1.165) is 38.8 Å². The summed E-state index contributed by atoms with van der Waals surface area (Å²) in [7, 11) is 0. The van der Waals surface area contributed by atoms with Gasteiger partial charge in [0, 0.05) is 28.8 Å². The van der Waals surface area contributed by atoms with E-state index in [1.807, 2.05) is 89.7 Å². The molecule has 1 spiro atoms. The van der Waals surface area contributed by atoms with E-state index >= 15 is 0 Å². The molecule has 0 aromatic heterocycles. The number of rotatable bonds is 4. The highest BCUT2D eigenvalue weighted by Crippen LogP contribution is 2.55. The summed E-state index contributed by atoms with van der Waals surface area (Å²) in [6.07, 6.45) is 0. The maximum absolute atomic E-state index is 11.3. The summed E-state index contributed by atoms with van der Waals surface area (Å²) in [6, 6.07) is 34.8. The third-order valence-corrected chi connectivity index (χ3v) is 7.61. The molecular weight excluding hydrogens is 470 g/mol. The Morgan fingerprint density at radius 2 is 1.33 bits per heavy atom. The van der Waals surface area contributed by atoms with Gasteiger partial charge in [-0.2, -0.15) is 10.2 Å². The van der Waals surface area contributed by atoms with Crippen molar-refractivity contribution in [3.63, 3.8) is 0 Å². The van der Waals surface area contributed by atoms with Crippen LogP contribution in [-0.4, -0.2) is 15.7 Å². The lowest BCUT2D eigenvalue weighted by Crippen LogP contribution is -2.53. The van der Waals surface area contributed by atoms with Crippen LogP contribution < -0.4 is 10.0 Å². The average Bonchev–Trinajstić information content (AvgIpc) is 3.33. The molecule has 4 aromatic carbocycles. The van der Waals surface area contributed by atoms with E-state index in [0.29, 0.717) is 0 Å². The average molecular weight is 492 g/mol. The highest BCUT2D eigenvalue weighted by Gasteiger charge is 2.55. The van der Waals surface area contributed by atoms with E-state index in [-0.39, 0.29) is 5.69 Å². The van der Waals surface area contributed by atoms with Gasteiger partial charge in [0.2, 0.25) is 4.99 Å². The van der Waals surface area contributed by atoms with E-state index in [9.17, 15) is 10.1 Å². The van der Waals surface area contributed by atoms with E-state index in [4.69, 9.17) is 10.2 Å². The molecule has 0 bridgehead atoms. The van der Waals surface area contributed by atoms with Crippen molar-refractivity contribution in [3.05, 3.63) is 136 Å². The highest BCUT2D eigenvalue weighted by atomic mass is 32.2. The Kier molecular flexibility index (Phi) is 5.30. The standard InChI is InChI=1S/C28H21N5O2S/c1-20-25-14-8-9-15-26(25)28(31(29-20)22-12-6-3-7-13-22)32(23-16-18-24(19-17-23)33(34)35)30-27(36-28)21-10-4-2-5-11-21/h2-19H,1H3/t28-/m1/s1. The van der Waals surface area contributed by atoms with Crippen molar-refractivity contribution in [3.8, 4) is 0 Å². The predicted molar refractivity (Wildman–Crippen MR) is 145 cm³/mol. The molecule has 2 aliphatic heterocycles. The number of anilines is 2. The van der Waals surface area contributed by atoms with Gasteiger partial charge in [-0.1, -0.05) is 72.8 Å². The molecule has 176 valence electrons. The second kappa shape index (κ2) is 8.66. The van der Waals surface area contributed by atoms with Crippen molar-refractivity contribution < 1.29 is 4.92 Å². The maximum atomic E-state index is 11.3. The van der Waals surface area contributed by atoms with Crippen LogP contribution in [0.5, 0.6) is 0 Å². The molecule has 7 nitrogen and oxygen atoms in total. The molecule has 6 rings (SSSR count). The number of thioether (sulfide) groups is 1. The maximum Gasteiger partial charge on any atom is 0.269 e. The van der Waals surface area contributed by atoms with Crippen LogP contribution in [0.3, 0.4) is 0 Å². The largest absolute Gasteiger partial charge is 0.269 e. The molecule has 0 unspecified atom stereocenters. The van der Waals surface area contributed by atoms with Crippen LogP contribution >= 0.6 is 11.8 Å². The number of hydrogen-bond donors (Lipinski definition) is 0. The van der Waals surface area contributed by atoms with Crippen molar-refractivity contribution in [1.29, 1.82) is 0 Å². The summed E-state index contributed by atoms with van der Waals surface area (Å²) in [6.45, 7) is 2.01. The Morgan fingerprint density at radius 3 is 2.03 bits per heavy atom. The number of nitro groups is 1. The number of fused-ring (bicyclic) bond motifs is 2. The molecule has 0 N–H and O–H groups in total. The molecule has 8 heteroatoms. The van der Waals surface area contributed by atoms with Crippen LogP contribution in [0.4, 0.5) is 17.1 Å². The number of nitro benzene ring substituents is 1. The third kappa shape index (κ3) is 3.46. The first-order valence-electron chi connectivity index (χ1n) is 11.5. The molecule has 0 saturated heterocycles. The van der Waals surface area contributed by atoms with E-state index < -0.39 is 9.92 Å². The third-order valence-electron chi connectivity index (χ3n) is 6.25. The molecule has 0 amide bonds. The van der Waals surface area contributed by atoms with Crippen molar-refractivity contribution in [1.82, 2.24) is 0 Å². The van der Waals surface area contributed by atoms with Crippen LogP contribution in [-0.2, 0) is 4.99 Å². The van der Waals surface area contributed by atoms with Gasteiger partial charge in [-0.15, -0.1) is 0 Å². The molecule has 0 fully saturated rings. The fourth-order valence-corrected chi connectivity index (χ4v) is 5.97. The number of benzene rings is 4. The lowest BCUT2D eigenvalue weighted by atomic mass is 9.98. The Morgan fingerprint density at radius 1 is 0.750 bits per heavy atom. The lowest BCUT2D eigenvalue weighted by molar-refractivity contribution is -0.384. The Bertz CT molecular complexity index is 1510. The molecular formula is C28H21N5O2S. The van der Waals surface area contributed by atoms with Gasteiger partial charge in [0.15, 0.2) is 0 Å². The Labute approximate surface area is 212 Å². The quantitative estimate of drug-likeness (QED) is 0.239. The first-order valence-corrected chi connectivity index (χ1v) is 12.3. The van der Waals surface area contributed by atoms with Gasteiger partial charge in [-0.3, -0.25) is 10.1 Å². The second-order valence-corrected chi connectivity index (χ2v) is 9.61. The van der Waals surface area contributed by atoms with Crippen molar-refractivity contribution >= 4 is 39.6 Å². The highest BCUT2D eigenvalue weighted by molar-refractivity contribution is 8.15. The van der Waals surface area contributed by atoms with Crippen LogP contribution in [0.2, 0.25) is 0 Å². The van der Waals surface area contributed by atoms with Crippen molar-refractivity contribution in [2.75, 3.05) is 10.0 Å². The monoisotopic (exact) mass is 491 g/mol. The molecule has 1 atom stereocenters. The minimum Gasteiger partial charge on any atom is -0.258 e. The zero-order valence-corrected chi connectivity index (χ0v) is 20.2. The number of non-ortho nitro benzene ring substituents is 1. The molecule has 0 radical (unpaired) electrons. The first-order chi connectivity index (χ1) is 17.6. The first kappa shape index (κ1) is 22.1. The molecule has 0 aliphatic carbocycles. The second-order valence-electron chi connectivity index (χ2n) is 8.45. The van der Waals surface area contributed by atoms with Crippen molar-refractivity contribution in [2.45, 2.75) is 11.9 Å². The minimum atomic E-state index is -0.890. The fourth-order valence-electron chi connectivity index (χ4n) is 4.57. The Balaban J connectivity index is 1.62. The zero-order valence-electron chi connectivity index (χ0n) is 19.4.